The third-order valence-electron chi connectivity index (χ3n) is 4.46. The lowest BCUT2D eigenvalue weighted by Gasteiger charge is -2.09. The van der Waals surface area contributed by atoms with E-state index in [1.807, 2.05) is 42.5 Å². The number of rotatable bonds is 7. The molecule has 0 N–H and O–H groups in total. The van der Waals surface area contributed by atoms with Crippen LogP contribution in [-0.4, -0.2) is 16.2 Å². The van der Waals surface area contributed by atoms with Gasteiger partial charge in [0.05, 0.1) is 23.9 Å². The van der Waals surface area contributed by atoms with Gasteiger partial charge in [-0.05, 0) is 56.2 Å². The number of nitrogens with zero attached hydrogens (tertiary/aromatic N) is 2. The Morgan fingerprint density at radius 2 is 1.78 bits per heavy atom. The van der Waals surface area contributed by atoms with Crippen LogP contribution in [0.4, 0.5) is 0 Å². The molecule has 0 fully saturated rings. The highest BCUT2D eigenvalue weighted by molar-refractivity contribution is 5.85. The third-order valence-corrected chi connectivity index (χ3v) is 4.46. The highest BCUT2D eigenvalue weighted by atomic mass is 35.5. The fourth-order valence-corrected chi connectivity index (χ4v) is 3.09. The lowest BCUT2D eigenvalue weighted by molar-refractivity contribution is 0.303. The lowest BCUT2D eigenvalue weighted by atomic mass is 10.2. The van der Waals surface area contributed by atoms with E-state index >= 15 is 0 Å². The van der Waals surface area contributed by atoms with Gasteiger partial charge in [-0.15, -0.1) is 12.4 Å². The highest BCUT2D eigenvalue weighted by Gasteiger charge is 2.13. The van der Waals surface area contributed by atoms with Crippen molar-refractivity contribution < 1.29 is 9.15 Å². The van der Waals surface area contributed by atoms with Crippen molar-refractivity contribution in [1.29, 1.82) is 0 Å². The van der Waals surface area contributed by atoms with Gasteiger partial charge in [0.15, 0.2) is 11.6 Å². The highest BCUT2D eigenvalue weighted by Crippen LogP contribution is 2.25. The number of para-hydroxylation sites is 2. The normalized spacial score (nSPS) is 10.7. The van der Waals surface area contributed by atoms with Gasteiger partial charge >= 0.3 is 0 Å². The van der Waals surface area contributed by atoms with E-state index in [0.717, 1.165) is 47.8 Å². The quantitative estimate of drug-likeness (QED) is 0.374. The summed E-state index contributed by atoms with van der Waals surface area (Å²) >= 11 is 0. The molecule has 140 valence electrons. The maximum absolute atomic E-state index is 5.83. The van der Waals surface area contributed by atoms with Crippen LogP contribution >= 0.6 is 12.4 Å². The van der Waals surface area contributed by atoms with Crippen LogP contribution in [0.2, 0.25) is 0 Å². The van der Waals surface area contributed by atoms with Gasteiger partial charge in [-0.2, -0.15) is 0 Å². The summed E-state index contributed by atoms with van der Waals surface area (Å²) in [5, 5.41) is 0. The number of unbranched alkanes of at least 4 members (excludes halogenated alkanes) is 1. The SMILES string of the molecule is Cc1ccc(OCCCCn2c(-c3ccco3)nc3ccccc32)cc1.Cl. The van der Waals surface area contributed by atoms with Crippen molar-refractivity contribution in [3.8, 4) is 17.3 Å². The zero-order valence-electron chi connectivity index (χ0n) is 15.3. The predicted octanol–water partition coefficient (Wildman–Crippen LogP) is 5.89. The Morgan fingerprint density at radius 1 is 0.963 bits per heavy atom. The zero-order valence-corrected chi connectivity index (χ0v) is 16.1. The van der Waals surface area contributed by atoms with Crippen LogP contribution in [0.15, 0.2) is 71.3 Å². The van der Waals surface area contributed by atoms with Crippen molar-refractivity contribution in [2.24, 2.45) is 0 Å². The Balaban J connectivity index is 0.00000210. The lowest BCUT2D eigenvalue weighted by Crippen LogP contribution is -2.03. The molecule has 0 unspecified atom stereocenters. The van der Waals surface area contributed by atoms with Crippen LogP contribution in [0.5, 0.6) is 5.75 Å². The molecular weight excluding hydrogens is 360 g/mol. The van der Waals surface area contributed by atoms with Crippen LogP contribution in [-0.2, 0) is 6.54 Å². The van der Waals surface area contributed by atoms with Gasteiger partial charge in [-0.1, -0.05) is 29.8 Å². The number of imidazole rings is 1. The van der Waals surface area contributed by atoms with E-state index in [2.05, 4.69) is 29.7 Å². The number of hydrogen-bond acceptors (Lipinski definition) is 3. The van der Waals surface area contributed by atoms with Crippen LogP contribution < -0.4 is 4.74 Å². The first-order valence-electron chi connectivity index (χ1n) is 9.00. The van der Waals surface area contributed by atoms with E-state index in [-0.39, 0.29) is 12.4 Å². The van der Waals surface area contributed by atoms with Crippen LogP contribution in [0.25, 0.3) is 22.6 Å². The summed E-state index contributed by atoms with van der Waals surface area (Å²) < 4.78 is 13.6. The molecule has 0 aliphatic rings. The molecule has 0 atom stereocenters. The van der Waals surface area contributed by atoms with Gasteiger partial charge in [0, 0.05) is 6.54 Å². The number of furan rings is 1. The summed E-state index contributed by atoms with van der Waals surface area (Å²) in [6, 6.07) is 20.3. The first-order chi connectivity index (χ1) is 12.8. The van der Waals surface area contributed by atoms with Gasteiger partial charge in [0.25, 0.3) is 0 Å². The topological polar surface area (TPSA) is 40.2 Å². The van der Waals surface area contributed by atoms with E-state index in [1.165, 1.54) is 5.56 Å². The van der Waals surface area contributed by atoms with Crippen LogP contribution in [0, 0.1) is 6.92 Å². The second-order valence-corrected chi connectivity index (χ2v) is 6.42. The molecule has 5 heteroatoms. The number of ether oxygens (including phenoxy) is 1. The Morgan fingerprint density at radius 3 is 2.56 bits per heavy atom. The summed E-state index contributed by atoms with van der Waals surface area (Å²) in [5.41, 5.74) is 3.38. The van der Waals surface area contributed by atoms with E-state index in [0.29, 0.717) is 6.61 Å². The van der Waals surface area contributed by atoms with Gasteiger partial charge in [0.2, 0.25) is 0 Å². The van der Waals surface area contributed by atoms with E-state index < -0.39 is 0 Å². The van der Waals surface area contributed by atoms with E-state index in [4.69, 9.17) is 14.1 Å². The predicted molar refractivity (Wildman–Crippen MR) is 111 cm³/mol. The number of aromatic nitrogens is 2. The largest absolute Gasteiger partial charge is 0.494 e. The molecule has 0 aliphatic heterocycles. The molecule has 4 nitrogen and oxygen atoms in total. The standard InChI is InChI=1S/C22H22N2O2.ClH/c1-17-10-12-18(13-11-17)25-15-5-4-14-24-20-8-3-2-7-19(20)23-22(24)21-9-6-16-26-21;/h2-3,6-13,16H,4-5,14-15H2,1H3;1H. The maximum Gasteiger partial charge on any atom is 0.177 e. The molecule has 2 aromatic heterocycles. The molecular formula is C22H23ClN2O2. The number of benzene rings is 2. The minimum atomic E-state index is 0. The zero-order chi connectivity index (χ0) is 17.8. The van der Waals surface area contributed by atoms with Crippen molar-refractivity contribution >= 4 is 23.4 Å². The van der Waals surface area contributed by atoms with Crippen molar-refractivity contribution in [2.75, 3.05) is 6.61 Å². The summed E-state index contributed by atoms with van der Waals surface area (Å²) in [4.78, 5) is 4.75. The molecule has 0 spiro atoms. The van der Waals surface area contributed by atoms with E-state index in [1.54, 1.807) is 6.26 Å². The second kappa shape index (κ2) is 8.78. The average molecular weight is 383 g/mol. The van der Waals surface area contributed by atoms with Crippen LogP contribution in [0.1, 0.15) is 18.4 Å². The van der Waals surface area contributed by atoms with E-state index in [9.17, 15) is 0 Å². The molecule has 4 rings (SSSR count). The Hall–Kier alpha value is -2.72. The number of fused-ring (bicyclic) bond motifs is 1. The molecule has 2 heterocycles. The Kier molecular flexibility index (Phi) is 6.20. The minimum absolute atomic E-state index is 0. The first kappa shape index (κ1) is 19.1. The Labute approximate surface area is 165 Å². The summed E-state index contributed by atoms with van der Waals surface area (Å²) in [6.45, 7) is 3.68. The molecule has 0 aliphatic carbocycles. The number of aryl methyl sites for hydroxylation is 2. The molecule has 0 radical (unpaired) electrons. The summed E-state index contributed by atoms with van der Waals surface area (Å²) in [6.07, 6.45) is 3.69. The number of halogens is 1. The average Bonchev–Trinajstić information content (AvgIpc) is 3.31. The maximum atomic E-state index is 5.83. The molecule has 0 bridgehead atoms. The molecule has 0 saturated heterocycles. The van der Waals surface area contributed by atoms with Crippen molar-refractivity contribution in [3.05, 3.63) is 72.5 Å². The molecule has 27 heavy (non-hydrogen) atoms. The van der Waals surface area contributed by atoms with Gasteiger partial charge < -0.3 is 13.7 Å². The second-order valence-electron chi connectivity index (χ2n) is 6.42. The van der Waals surface area contributed by atoms with Crippen molar-refractivity contribution in [2.45, 2.75) is 26.3 Å². The Bertz CT molecular complexity index is 975. The monoisotopic (exact) mass is 382 g/mol. The van der Waals surface area contributed by atoms with Gasteiger partial charge in [-0.3, -0.25) is 0 Å². The molecule has 4 aromatic rings. The number of hydrogen-bond donors (Lipinski definition) is 0. The van der Waals surface area contributed by atoms with Crippen molar-refractivity contribution in [1.82, 2.24) is 9.55 Å². The molecule has 2 aromatic carbocycles. The van der Waals surface area contributed by atoms with Gasteiger partial charge in [0.1, 0.15) is 5.75 Å². The first-order valence-corrected chi connectivity index (χ1v) is 9.00. The molecule has 0 saturated carbocycles. The van der Waals surface area contributed by atoms with Crippen molar-refractivity contribution in [3.63, 3.8) is 0 Å². The van der Waals surface area contributed by atoms with Crippen LogP contribution in [0.3, 0.4) is 0 Å². The molecule has 0 amide bonds. The minimum Gasteiger partial charge on any atom is -0.494 e. The fraction of sp³-hybridized carbons (Fsp3) is 0.227. The third kappa shape index (κ3) is 4.34. The fourth-order valence-electron chi connectivity index (χ4n) is 3.09. The van der Waals surface area contributed by atoms with Gasteiger partial charge in [-0.25, -0.2) is 4.98 Å². The summed E-state index contributed by atoms with van der Waals surface area (Å²) in [5.74, 6) is 2.62. The smallest absolute Gasteiger partial charge is 0.177 e. The summed E-state index contributed by atoms with van der Waals surface area (Å²) in [7, 11) is 0.